The standard InChI is InChI=1S/C5H11NO2.HO3P/c1-2-3-4(6)5(7)8;1-4(2)3/h4H,2-3,6H2,1H3,(H,7,8);(H-,1,2,3)/p+1. The van der Waals surface area contributed by atoms with Gasteiger partial charge < -0.3 is 10.8 Å². The van der Waals surface area contributed by atoms with Crippen molar-refractivity contribution in [2.75, 3.05) is 0 Å². The zero-order chi connectivity index (χ0) is 10.1. The number of carbonyl (C=O) groups is 1. The molecule has 12 heavy (non-hydrogen) atoms. The van der Waals surface area contributed by atoms with Gasteiger partial charge in [-0.05, 0) is 6.42 Å². The van der Waals surface area contributed by atoms with Crippen LogP contribution in [0.3, 0.4) is 0 Å². The highest BCUT2D eigenvalue weighted by Gasteiger charge is 2.07. The summed E-state index contributed by atoms with van der Waals surface area (Å²) in [5.41, 5.74) is 5.13. The quantitative estimate of drug-likeness (QED) is 0.467. The molecule has 0 spiro atoms. The van der Waals surface area contributed by atoms with Crippen LogP contribution in [0.4, 0.5) is 0 Å². The maximum Gasteiger partial charge on any atom is 0.692 e. The lowest BCUT2D eigenvalue weighted by Gasteiger charge is -2.00. The SMILES string of the molecule is CCCC(N)C(=O)O.O=[P+](O)O. The first kappa shape index (κ1) is 14.0. The van der Waals surface area contributed by atoms with Crippen LogP contribution in [0.5, 0.6) is 0 Å². The van der Waals surface area contributed by atoms with Crippen LogP contribution in [0.2, 0.25) is 0 Å². The molecular formula is C5H13NO5P+. The lowest BCUT2D eigenvalue weighted by molar-refractivity contribution is -0.138. The maximum absolute atomic E-state index is 9.96. The van der Waals surface area contributed by atoms with Crippen molar-refractivity contribution in [1.82, 2.24) is 0 Å². The molecule has 5 N–H and O–H groups in total. The molecule has 1 unspecified atom stereocenters. The van der Waals surface area contributed by atoms with Gasteiger partial charge in [-0.2, -0.15) is 0 Å². The van der Waals surface area contributed by atoms with E-state index in [1.54, 1.807) is 0 Å². The molecule has 0 rings (SSSR count). The van der Waals surface area contributed by atoms with Crippen LogP contribution < -0.4 is 5.73 Å². The minimum absolute atomic E-state index is 0.565. The number of hydrogen-bond acceptors (Lipinski definition) is 3. The van der Waals surface area contributed by atoms with Gasteiger partial charge in [0.05, 0.1) is 0 Å². The van der Waals surface area contributed by atoms with Crippen molar-refractivity contribution in [1.29, 1.82) is 0 Å². The smallest absolute Gasteiger partial charge is 0.480 e. The fraction of sp³-hybridized carbons (Fsp3) is 0.800. The van der Waals surface area contributed by atoms with Crippen LogP contribution in [0.1, 0.15) is 19.8 Å². The zero-order valence-corrected chi connectivity index (χ0v) is 7.57. The molecule has 0 aliphatic carbocycles. The van der Waals surface area contributed by atoms with E-state index in [2.05, 4.69) is 0 Å². The Balaban J connectivity index is 0. The first-order chi connectivity index (χ1) is 5.41. The molecule has 0 amide bonds. The molecule has 1 atom stereocenters. The predicted molar refractivity (Wildman–Crippen MR) is 42.6 cm³/mol. The van der Waals surface area contributed by atoms with E-state index >= 15 is 0 Å². The summed E-state index contributed by atoms with van der Waals surface area (Å²) >= 11 is 0. The highest BCUT2D eigenvalue weighted by atomic mass is 31.1. The normalized spacial score (nSPS) is 11.0. The molecule has 0 radical (unpaired) electrons. The predicted octanol–water partition coefficient (Wildman–Crippen LogP) is -0.173. The fourth-order valence-electron chi connectivity index (χ4n) is 0.434. The molecule has 0 aliphatic heterocycles. The minimum atomic E-state index is -2.87. The van der Waals surface area contributed by atoms with Gasteiger partial charge in [-0.15, -0.1) is 9.79 Å². The zero-order valence-electron chi connectivity index (χ0n) is 6.67. The molecule has 0 aliphatic rings. The van der Waals surface area contributed by atoms with E-state index in [4.69, 9.17) is 25.2 Å². The van der Waals surface area contributed by atoms with Crippen molar-refractivity contribution in [3.05, 3.63) is 0 Å². The van der Waals surface area contributed by atoms with Crippen LogP contribution in [-0.2, 0) is 9.36 Å². The van der Waals surface area contributed by atoms with Gasteiger partial charge in [-0.3, -0.25) is 4.79 Å². The van der Waals surface area contributed by atoms with Crippen molar-refractivity contribution in [3.8, 4) is 0 Å². The Hall–Kier alpha value is -0.550. The third kappa shape index (κ3) is 16.2. The molecule has 7 heteroatoms. The van der Waals surface area contributed by atoms with Crippen LogP contribution >= 0.6 is 8.25 Å². The summed E-state index contributed by atoms with van der Waals surface area (Å²) in [5, 5.41) is 8.19. The summed E-state index contributed by atoms with van der Waals surface area (Å²) in [4.78, 5) is 24.2. The van der Waals surface area contributed by atoms with Crippen molar-refractivity contribution in [3.63, 3.8) is 0 Å². The Bertz CT molecular complexity index is 147. The third-order valence-electron chi connectivity index (χ3n) is 0.917. The molecule has 0 bridgehead atoms. The molecule has 0 aromatic rings. The molecule has 0 fully saturated rings. The van der Waals surface area contributed by atoms with Crippen LogP contribution in [0, 0.1) is 0 Å². The molecule has 6 nitrogen and oxygen atoms in total. The highest BCUT2D eigenvalue weighted by Crippen LogP contribution is 1.98. The molecule has 72 valence electrons. The number of hydrogen-bond donors (Lipinski definition) is 4. The van der Waals surface area contributed by atoms with Crippen LogP contribution in [-0.4, -0.2) is 26.9 Å². The second-order valence-corrected chi connectivity index (χ2v) is 2.49. The third-order valence-corrected chi connectivity index (χ3v) is 0.917. The average molecular weight is 198 g/mol. The first-order valence-corrected chi connectivity index (χ1v) is 4.41. The van der Waals surface area contributed by atoms with Gasteiger partial charge in [0.1, 0.15) is 6.04 Å². The highest BCUT2D eigenvalue weighted by molar-refractivity contribution is 7.30. The van der Waals surface area contributed by atoms with Gasteiger partial charge in [0.2, 0.25) is 0 Å². The van der Waals surface area contributed by atoms with E-state index in [0.29, 0.717) is 6.42 Å². The summed E-state index contributed by atoms with van der Waals surface area (Å²) in [7, 11) is -2.87. The van der Waals surface area contributed by atoms with Gasteiger partial charge in [0.15, 0.2) is 0 Å². The average Bonchev–Trinajstić information content (AvgIpc) is 1.86. The maximum atomic E-state index is 9.96. The summed E-state index contributed by atoms with van der Waals surface area (Å²) < 4.78 is 8.70. The Morgan fingerprint density at radius 1 is 1.58 bits per heavy atom. The molecular weight excluding hydrogens is 185 g/mol. The lowest BCUT2D eigenvalue weighted by Crippen LogP contribution is -2.29. The number of carboxylic acid groups (broad SMARTS) is 1. The van der Waals surface area contributed by atoms with Gasteiger partial charge in [-0.1, -0.05) is 13.3 Å². The van der Waals surface area contributed by atoms with Gasteiger partial charge in [-0.25, -0.2) is 0 Å². The minimum Gasteiger partial charge on any atom is -0.480 e. The first-order valence-electron chi connectivity index (χ1n) is 3.25. The van der Waals surface area contributed by atoms with Gasteiger partial charge in [0, 0.05) is 4.57 Å². The fourth-order valence-corrected chi connectivity index (χ4v) is 0.434. The Labute approximate surface area is 71.0 Å². The lowest BCUT2D eigenvalue weighted by atomic mass is 10.2. The molecule has 0 aromatic carbocycles. The van der Waals surface area contributed by atoms with Crippen LogP contribution in [0.15, 0.2) is 0 Å². The van der Waals surface area contributed by atoms with Crippen LogP contribution in [0.25, 0.3) is 0 Å². The monoisotopic (exact) mass is 198 g/mol. The van der Waals surface area contributed by atoms with Crippen molar-refractivity contribution in [2.24, 2.45) is 5.73 Å². The van der Waals surface area contributed by atoms with Gasteiger partial charge >= 0.3 is 14.2 Å². The Kier molecular flexibility index (Phi) is 9.97. The molecule has 0 aromatic heterocycles. The van der Waals surface area contributed by atoms with E-state index < -0.39 is 20.3 Å². The number of aliphatic carboxylic acids is 1. The number of nitrogens with two attached hydrogens (primary N) is 1. The Morgan fingerprint density at radius 3 is 2.00 bits per heavy atom. The van der Waals surface area contributed by atoms with E-state index in [1.807, 2.05) is 6.92 Å². The summed E-state index contributed by atoms with van der Waals surface area (Å²) in [6.45, 7) is 1.91. The van der Waals surface area contributed by atoms with Crippen molar-refractivity contribution < 1.29 is 24.3 Å². The largest absolute Gasteiger partial charge is 0.692 e. The molecule has 0 saturated heterocycles. The van der Waals surface area contributed by atoms with Gasteiger partial charge in [0.25, 0.3) is 0 Å². The second kappa shape index (κ2) is 8.55. The summed E-state index contributed by atoms with van der Waals surface area (Å²) in [6, 6.07) is -0.667. The van der Waals surface area contributed by atoms with E-state index in [-0.39, 0.29) is 0 Å². The van der Waals surface area contributed by atoms with E-state index in [0.717, 1.165) is 6.42 Å². The van der Waals surface area contributed by atoms with E-state index in [1.165, 1.54) is 0 Å². The van der Waals surface area contributed by atoms with Crippen molar-refractivity contribution in [2.45, 2.75) is 25.8 Å². The topological polar surface area (TPSA) is 121 Å². The summed E-state index contributed by atoms with van der Waals surface area (Å²) in [5.74, 6) is -0.910. The summed E-state index contributed by atoms with van der Waals surface area (Å²) in [6.07, 6.45) is 1.39. The van der Waals surface area contributed by atoms with E-state index in [9.17, 15) is 4.79 Å². The molecule has 0 heterocycles. The van der Waals surface area contributed by atoms with Crippen molar-refractivity contribution >= 4 is 14.2 Å². The number of carboxylic acids is 1. The molecule has 0 saturated carbocycles. The number of rotatable bonds is 3. The second-order valence-electron chi connectivity index (χ2n) is 1.99. The Morgan fingerprint density at radius 2 is 1.92 bits per heavy atom.